The SMILES string of the molecule is ClCCCCCCNc1nccc2cc3c(cc12)OCO3. The molecule has 0 radical (unpaired) electrons. The molecule has 3 rings (SSSR count). The molecule has 2 aromatic rings. The van der Waals surface area contributed by atoms with E-state index in [2.05, 4.69) is 10.3 Å². The van der Waals surface area contributed by atoms with Gasteiger partial charge in [-0.3, -0.25) is 0 Å². The molecule has 112 valence electrons. The number of alkyl halides is 1. The molecular weight excluding hydrogens is 288 g/mol. The zero-order valence-corrected chi connectivity index (χ0v) is 12.7. The molecule has 0 spiro atoms. The topological polar surface area (TPSA) is 43.4 Å². The maximum absolute atomic E-state index is 5.67. The molecule has 0 fully saturated rings. The first kappa shape index (κ1) is 14.3. The number of benzene rings is 1. The molecule has 1 aliphatic heterocycles. The minimum atomic E-state index is 0.294. The number of ether oxygens (including phenoxy) is 2. The van der Waals surface area contributed by atoms with Gasteiger partial charge in [0.05, 0.1) is 0 Å². The predicted molar refractivity (Wildman–Crippen MR) is 85.5 cm³/mol. The molecule has 0 saturated carbocycles. The van der Waals surface area contributed by atoms with E-state index in [0.717, 1.165) is 53.4 Å². The number of hydrogen-bond donors (Lipinski definition) is 1. The zero-order chi connectivity index (χ0) is 14.5. The molecule has 21 heavy (non-hydrogen) atoms. The van der Waals surface area contributed by atoms with Crippen LogP contribution in [0.3, 0.4) is 0 Å². The molecule has 1 aromatic carbocycles. The van der Waals surface area contributed by atoms with Crippen LogP contribution < -0.4 is 14.8 Å². The summed E-state index contributed by atoms with van der Waals surface area (Å²) in [6.07, 6.45) is 6.42. The summed E-state index contributed by atoms with van der Waals surface area (Å²) in [6, 6.07) is 5.99. The lowest BCUT2D eigenvalue weighted by molar-refractivity contribution is 0.174. The molecule has 0 amide bonds. The first-order valence-corrected chi connectivity index (χ1v) is 7.90. The monoisotopic (exact) mass is 306 g/mol. The highest BCUT2D eigenvalue weighted by atomic mass is 35.5. The van der Waals surface area contributed by atoms with Crippen molar-refractivity contribution in [3.8, 4) is 11.5 Å². The maximum Gasteiger partial charge on any atom is 0.231 e. The third-order valence-corrected chi connectivity index (χ3v) is 3.88. The number of fused-ring (bicyclic) bond motifs is 2. The Balaban J connectivity index is 1.67. The van der Waals surface area contributed by atoms with Crippen molar-refractivity contribution in [2.45, 2.75) is 25.7 Å². The number of unbranched alkanes of at least 4 members (excludes halogenated alkanes) is 3. The normalized spacial score (nSPS) is 12.8. The lowest BCUT2D eigenvalue weighted by Crippen LogP contribution is -2.03. The van der Waals surface area contributed by atoms with Gasteiger partial charge in [0.2, 0.25) is 6.79 Å². The fourth-order valence-electron chi connectivity index (χ4n) is 2.48. The first-order valence-electron chi connectivity index (χ1n) is 7.36. The van der Waals surface area contributed by atoms with Gasteiger partial charge in [-0.25, -0.2) is 4.98 Å². The third-order valence-electron chi connectivity index (χ3n) is 3.61. The smallest absolute Gasteiger partial charge is 0.231 e. The van der Waals surface area contributed by atoms with Gasteiger partial charge in [0.15, 0.2) is 11.5 Å². The van der Waals surface area contributed by atoms with Gasteiger partial charge < -0.3 is 14.8 Å². The summed E-state index contributed by atoms with van der Waals surface area (Å²) < 4.78 is 10.8. The van der Waals surface area contributed by atoms with E-state index in [0.29, 0.717) is 6.79 Å². The molecule has 5 heteroatoms. The Morgan fingerprint density at radius 1 is 1.10 bits per heavy atom. The Hall–Kier alpha value is -1.68. The van der Waals surface area contributed by atoms with Crippen LogP contribution in [0.4, 0.5) is 5.82 Å². The second-order valence-electron chi connectivity index (χ2n) is 5.12. The number of halogens is 1. The van der Waals surface area contributed by atoms with Crippen LogP contribution in [0, 0.1) is 0 Å². The molecule has 4 nitrogen and oxygen atoms in total. The van der Waals surface area contributed by atoms with E-state index in [4.69, 9.17) is 21.1 Å². The molecule has 1 aliphatic rings. The van der Waals surface area contributed by atoms with Crippen molar-refractivity contribution in [1.82, 2.24) is 4.98 Å². The van der Waals surface area contributed by atoms with Gasteiger partial charge in [-0.2, -0.15) is 0 Å². The summed E-state index contributed by atoms with van der Waals surface area (Å²) in [4.78, 5) is 4.44. The van der Waals surface area contributed by atoms with Crippen molar-refractivity contribution in [2.75, 3.05) is 24.5 Å². The van der Waals surface area contributed by atoms with E-state index in [1.165, 1.54) is 12.8 Å². The number of aromatic nitrogens is 1. The lowest BCUT2D eigenvalue weighted by atomic mass is 10.1. The van der Waals surface area contributed by atoms with Crippen molar-refractivity contribution >= 4 is 28.2 Å². The lowest BCUT2D eigenvalue weighted by Gasteiger charge is -2.09. The van der Waals surface area contributed by atoms with E-state index >= 15 is 0 Å². The molecule has 2 heterocycles. The third kappa shape index (κ3) is 3.32. The number of nitrogens with zero attached hydrogens (tertiary/aromatic N) is 1. The van der Waals surface area contributed by atoms with Crippen molar-refractivity contribution in [3.63, 3.8) is 0 Å². The fourth-order valence-corrected chi connectivity index (χ4v) is 2.67. The van der Waals surface area contributed by atoms with Crippen LogP contribution in [0.5, 0.6) is 11.5 Å². The molecule has 0 bridgehead atoms. The second kappa shape index (κ2) is 6.85. The van der Waals surface area contributed by atoms with Crippen molar-refractivity contribution in [1.29, 1.82) is 0 Å². The fraction of sp³-hybridized carbons (Fsp3) is 0.438. The summed E-state index contributed by atoms with van der Waals surface area (Å²) in [5, 5.41) is 5.60. The number of anilines is 1. The highest BCUT2D eigenvalue weighted by Crippen LogP contribution is 2.37. The molecular formula is C16H19ClN2O2. The maximum atomic E-state index is 5.67. The summed E-state index contributed by atoms with van der Waals surface area (Å²) in [7, 11) is 0. The quantitative estimate of drug-likeness (QED) is 0.616. The minimum Gasteiger partial charge on any atom is -0.454 e. The van der Waals surface area contributed by atoms with Crippen LogP contribution in [0.25, 0.3) is 10.8 Å². The highest BCUT2D eigenvalue weighted by Gasteiger charge is 2.15. The van der Waals surface area contributed by atoms with Crippen molar-refractivity contribution < 1.29 is 9.47 Å². The number of pyridine rings is 1. The Morgan fingerprint density at radius 2 is 1.90 bits per heavy atom. The molecule has 0 saturated heterocycles. The number of hydrogen-bond acceptors (Lipinski definition) is 4. The summed E-state index contributed by atoms with van der Waals surface area (Å²) in [5.74, 6) is 3.26. The minimum absolute atomic E-state index is 0.294. The van der Waals surface area contributed by atoms with Crippen LogP contribution in [-0.4, -0.2) is 24.2 Å². The molecule has 0 unspecified atom stereocenters. The Labute approximate surface area is 129 Å². The van der Waals surface area contributed by atoms with Crippen LogP contribution in [0.15, 0.2) is 24.4 Å². The summed E-state index contributed by atoms with van der Waals surface area (Å²) in [6.45, 7) is 1.21. The van der Waals surface area contributed by atoms with E-state index < -0.39 is 0 Å². The standard InChI is InChI=1S/C16H19ClN2O2/c17-6-3-1-2-4-7-18-16-13-10-15-14(20-11-21-15)9-12(13)5-8-19-16/h5,8-10H,1-4,6-7,11H2,(H,18,19). The second-order valence-corrected chi connectivity index (χ2v) is 5.49. The van der Waals surface area contributed by atoms with Gasteiger partial charge in [0.25, 0.3) is 0 Å². The van der Waals surface area contributed by atoms with Gasteiger partial charge in [0, 0.05) is 24.0 Å². The Morgan fingerprint density at radius 3 is 2.76 bits per heavy atom. The van der Waals surface area contributed by atoms with Gasteiger partial charge in [0.1, 0.15) is 5.82 Å². The molecule has 0 aliphatic carbocycles. The van der Waals surface area contributed by atoms with Crippen molar-refractivity contribution in [3.05, 3.63) is 24.4 Å². The van der Waals surface area contributed by atoms with E-state index in [1.807, 2.05) is 24.4 Å². The van der Waals surface area contributed by atoms with Gasteiger partial charge in [-0.15, -0.1) is 11.6 Å². The Kier molecular flexibility index (Phi) is 4.65. The van der Waals surface area contributed by atoms with Crippen LogP contribution in [0.1, 0.15) is 25.7 Å². The van der Waals surface area contributed by atoms with E-state index in [-0.39, 0.29) is 0 Å². The summed E-state index contributed by atoms with van der Waals surface area (Å²) in [5.41, 5.74) is 0. The van der Waals surface area contributed by atoms with E-state index in [1.54, 1.807) is 0 Å². The predicted octanol–water partition coefficient (Wildman–Crippen LogP) is 4.17. The average molecular weight is 307 g/mol. The van der Waals surface area contributed by atoms with Gasteiger partial charge in [-0.05, 0) is 36.4 Å². The van der Waals surface area contributed by atoms with Crippen molar-refractivity contribution in [2.24, 2.45) is 0 Å². The van der Waals surface area contributed by atoms with Crippen LogP contribution in [-0.2, 0) is 0 Å². The average Bonchev–Trinajstić information content (AvgIpc) is 2.96. The highest BCUT2D eigenvalue weighted by molar-refractivity contribution is 6.17. The van der Waals surface area contributed by atoms with Crippen LogP contribution in [0.2, 0.25) is 0 Å². The number of nitrogens with one attached hydrogen (secondary N) is 1. The van der Waals surface area contributed by atoms with E-state index in [9.17, 15) is 0 Å². The molecule has 1 N–H and O–H groups in total. The molecule has 0 atom stereocenters. The number of rotatable bonds is 7. The molecule has 1 aromatic heterocycles. The van der Waals surface area contributed by atoms with Gasteiger partial charge in [-0.1, -0.05) is 12.8 Å². The largest absolute Gasteiger partial charge is 0.454 e. The van der Waals surface area contributed by atoms with Gasteiger partial charge >= 0.3 is 0 Å². The first-order chi connectivity index (χ1) is 10.4. The zero-order valence-electron chi connectivity index (χ0n) is 11.9. The summed E-state index contributed by atoms with van der Waals surface area (Å²) >= 11 is 5.67. The van der Waals surface area contributed by atoms with Crippen LogP contribution >= 0.6 is 11.6 Å². The Bertz CT molecular complexity index is 618.